The van der Waals surface area contributed by atoms with E-state index in [2.05, 4.69) is 5.32 Å². The van der Waals surface area contributed by atoms with Crippen LogP contribution in [0.5, 0.6) is 0 Å². The van der Waals surface area contributed by atoms with Gasteiger partial charge >= 0.3 is 6.03 Å². The van der Waals surface area contributed by atoms with Crippen molar-refractivity contribution in [2.75, 3.05) is 18.9 Å². The molecule has 0 saturated heterocycles. The Balaban J connectivity index is 2.17. The van der Waals surface area contributed by atoms with E-state index in [0.29, 0.717) is 15.6 Å². The van der Waals surface area contributed by atoms with Gasteiger partial charge < -0.3 is 11.1 Å². The van der Waals surface area contributed by atoms with Crippen molar-refractivity contribution in [3.05, 3.63) is 64.1 Å². The third-order valence-corrected chi connectivity index (χ3v) is 4.30. The highest BCUT2D eigenvalue weighted by molar-refractivity contribution is 6.39. The molecular weight excluding hydrogens is 391 g/mol. The second-order valence-electron chi connectivity index (χ2n) is 5.73. The highest BCUT2D eigenvalue weighted by atomic mass is 35.5. The highest BCUT2D eigenvalue weighted by Gasteiger charge is 2.27. The van der Waals surface area contributed by atoms with Crippen molar-refractivity contribution in [2.24, 2.45) is 5.73 Å². The predicted molar refractivity (Wildman–Crippen MR) is 105 cm³/mol. The lowest BCUT2D eigenvalue weighted by molar-refractivity contribution is -0.126. The zero-order valence-electron chi connectivity index (χ0n) is 14.4. The number of nitrogens with two attached hydrogens (primary N) is 1. The topological polar surface area (TPSA) is 105 Å². The predicted octanol–water partition coefficient (Wildman–Crippen LogP) is 2.80. The minimum Gasteiger partial charge on any atom is -0.351 e. The lowest BCUT2D eigenvalue weighted by Gasteiger charge is -2.26. The average Bonchev–Trinajstić information content (AvgIpc) is 2.58. The fourth-order valence-electron chi connectivity index (χ4n) is 2.55. The molecule has 0 aromatic heterocycles. The van der Waals surface area contributed by atoms with Crippen LogP contribution in [0.1, 0.15) is 11.6 Å². The quantitative estimate of drug-likeness (QED) is 0.683. The molecule has 0 spiro atoms. The third kappa shape index (κ3) is 5.68. The van der Waals surface area contributed by atoms with Crippen LogP contribution in [0.3, 0.4) is 0 Å². The Bertz CT molecular complexity index is 826. The number of hydrogen-bond donors (Lipinski definition) is 3. The third-order valence-electron chi connectivity index (χ3n) is 3.67. The number of urea groups is 1. The van der Waals surface area contributed by atoms with E-state index < -0.39 is 23.9 Å². The maximum Gasteiger partial charge on any atom is 0.318 e. The van der Waals surface area contributed by atoms with Crippen LogP contribution >= 0.6 is 23.2 Å². The molecule has 4 amide bonds. The lowest BCUT2D eigenvalue weighted by Crippen LogP contribution is -2.45. The first kappa shape index (κ1) is 20.7. The number of amides is 4. The number of nitrogens with zero attached hydrogens (tertiary/aromatic N) is 1. The summed E-state index contributed by atoms with van der Waals surface area (Å²) in [6.45, 7) is -0.159. The van der Waals surface area contributed by atoms with Crippen molar-refractivity contribution in [2.45, 2.75) is 6.04 Å². The van der Waals surface area contributed by atoms with Crippen LogP contribution < -0.4 is 16.4 Å². The van der Waals surface area contributed by atoms with Crippen molar-refractivity contribution in [1.29, 1.82) is 0 Å². The van der Waals surface area contributed by atoms with E-state index in [9.17, 15) is 14.4 Å². The van der Waals surface area contributed by atoms with Crippen molar-refractivity contribution in [3.8, 4) is 0 Å². The van der Waals surface area contributed by atoms with E-state index in [1.54, 1.807) is 55.6 Å². The van der Waals surface area contributed by atoms with Crippen molar-refractivity contribution in [1.82, 2.24) is 10.2 Å². The number of hydrogen-bond acceptors (Lipinski definition) is 4. The fourth-order valence-corrected chi connectivity index (χ4v) is 3.04. The van der Waals surface area contributed by atoms with Crippen LogP contribution in [0.2, 0.25) is 10.0 Å². The Morgan fingerprint density at radius 1 is 1.04 bits per heavy atom. The number of nitrogens with one attached hydrogen (secondary N) is 2. The first-order chi connectivity index (χ1) is 12.8. The summed E-state index contributed by atoms with van der Waals surface area (Å²) in [7, 11) is 1.58. The fraction of sp³-hybridized carbons (Fsp3) is 0.167. The van der Waals surface area contributed by atoms with Crippen molar-refractivity contribution in [3.63, 3.8) is 0 Å². The van der Waals surface area contributed by atoms with Gasteiger partial charge in [0.2, 0.25) is 11.8 Å². The van der Waals surface area contributed by atoms with E-state index in [0.717, 1.165) is 0 Å². The van der Waals surface area contributed by atoms with Crippen LogP contribution in [-0.2, 0) is 9.59 Å². The number of para-hydroxylation sites is 1. The Hall–Kier alpha value is -2.61. The van der Waals surface area contributed by atoms with Crippen LogP contribution in [0.4, 0.5) is 10.5 Å². The standard InChI is InChI=1S/C18H18Cl2N4O3/c1-24(10-14(25)22-15-12(19)8-5-9-13(15)20)16(17(26)23-18(21)27)11-6-3-2-4-7-11/h2-9,16H,10H2,1H3,(H,22,25)(H3,21,23,26,27). The van der Waals surface area contributed by atoms with Gasteiger partial charge in [0.15, 0.2) is 0 Å². The molecule has 7 nitrogen and oxygen atoms in total. The van der Waals surface area contributed by atoms with Gasteiger partial charge in [-0.3, -0.25) is 19.8 Å². The average molecular weight is 409 g/mol. The summed E-state index contributed by atoms with van der Waals surface area (Å²) in [6.07, 6.45) is 0. The number of carbonyl (C=O) groups is 3. The lowest BCUT2D eigenvalue weighted by atomic mass is 10.0. The largest absolute Gasteiger partial charge is 0.351 e. The number of imide groups is 1. The molecule has 2 aromatic carbocycles. The molecule has 142 valence electrons. The second-order valence-corrected chi connectivity index (χ2v) is 6.54. The molecule has 0 bridgehead atoms. The molecule has 9 heteroatoms. The van der Waals surface area contributed by atoms with Crippen LogP contribution in [0.15, 0.2) is 48.5 Å². The number of anilines is 1. The summed E-state index contributed by atoms with van der Waals surface area (Å²) in [5, 5.41) is 5.27. The number of benzene rings is 2. The number of carbonyl (C=O) groups excluding carboxylic acids is 3. The van der Waals surface area contributed by atoms with Gasteiger partial charge in [-0.2, -0.15) is 0 Å². The highest BCUT2D eigenvalue weighted by Crippen LogP contribution is 2.30. The summed E-state index contributed by atoms with van der Waals surface area (Å²) in [5.74, 6) is -1.07. The summed E-state index contributed by atoms with van der Waals surface area (Å²) in [5.41, 5.74) is 5.94. The molecule has 0 aliphatic carbocycles. The monoisotopic (exact) mass is 408 g/mol. The van der Waals surface area contributed by atoms with E-state index in [4.69, 9.17) is 28.9 Å². The minimum atomic E-state index is -0.971. The summed E-state index contributed by atoms with van der Waals surface area (Å²) in [4.78, 5) is 37.4. The Morgan fingerprint density at radius 3 is 2.19 bits per heavy atom. The number of halogens is 2. The van der Waals surface area contributed by atoms with Gasteiger partial charge in [-0.05, 0) is 24.7 Å². The first-order valence-electron chi connectivity index (χ1n) is 7.89. The molecule has 0 saturated carbocycles. The maximum absolute atomic E-state index is 12.4. The van der Waals surface area contributed by atoms with E-state index in [1.165, 1.54) is 4.90 Å². The zero-order chi connectivity index (χ0) is 20.0. The van der Waals surface area contributed by atoms with Crippen molar-refractivity contribution < 1.29 is 14.4 Å². The Labute approximate surface area is 166 Å². The zero-order valence-corrected chi connectivity index (χ0v) is 15.9. The molecular formula is C18H18Cl2N4O3. The molecule has 2 aromatic rings. The summed E-state index contributed by atoms with van der Waals surface area (Å²) >= 11 is 12.1. The normalized spacial score (nSPS) is 11.7. The molecule has 0 radical (unpaired) electrons. The van der Waals surface area contributed by atoms with Gasteiger partial charge in [0, 0.05) is 0 Å². The van der Waals surface area contributed by atoms with Gasteiger partial charge in [-0.15, -0.1) is 0 Å². The van der Waals surface area contributed by atoms with Gasteiger partial charge in [0.1, 0.15) is 6.04 Å². The van der Waals surface area contributed by atoms with E-state index in [-0.39, 0.29) is 12.2 Å². The summed E-state index contributed by atoms with van der Waals surface area (Å²) < 4.78 is 0. The summed E-state index contributed by atoms with van der Waals surface area (Å²) in [6, 6.07) is 11.7. The molecule has 0 fully saturated rings. The van der Waals surface area contributed by atoms with Gasteiger partial charge in [-0.1, -0.05) is 59.6 Å². The molecule has 1 atom stereocenters. The molecule has 0 heterocycles. The van der Waals surface area contributed by atoms with Crippen LogP contribution in [0, 0.1) is 0 Å². The molecule has 0 aliphatic heterocycles. The van der Waals surface area contributed by atoms with Crippen LogP contribution in [0.25, 0.3) is 0 Å². The number of primary amides is 1. The minimum absolute atomic E-state index is 0.159. The SMILES string of the molecule is CN(CC(=O)Nc1c(Cl)cccc1Cl)C(C(=O)NC(N)=O)c1ccccc1. The first-order valence-corrected chi connectivity index (χ1v) is 8.64. The van der Waals surface area contributed by atoms with Crippen molar-refractivity contribution >= 4 is 46.7 Å². The maximum atomic E-state index is 12.4. The van der Waals surface area contributed by atoms with Crippen LogP contribution in [-0.4, -0.2) is 36.3 Å². The van der Waals surface area contributed by atoms with E-state index in [1.807, 2.05) is 5.32 Å². The molecule has 0 aliphatic rings. The van der Waals surface area contributed by atoms with E-state index >= 15 is 0 Å². The smallest absolute Gasteiger partial charge is 0.318 e. The Kier molecular flexibility index (Phi) is 7.18. The van der Waals surface area contributed by atoms with Gasteiger partial charge in [0.05, 0.1) is 22.3 Å². The Morgan fingerprint density at radius 2 is 1.63 bits per heavy atom. The van der Waals surface area contributed by atoms with Gasteiger partial charge in [-0.25, -0.2) is 4.79 Å². The number of likely N-dealkylation sites (N-methyl/N-ethyl adjacent to an activating group) is 1. The molecule has 1 unspecified atom stereocenters. The molecule has 2 rings (SSSR count). The molecule has 27 heavy (non-hydrogen) atoms. The number of rotatable bonds is 6. The molecule has 4 N–H and O–H groups in total. The van der Waals surface area contributed by atoms with Gasteiger partial charge in [0.25, 0.3) is 0 Å². The second kappa shape index (κ2) is 9.36.